The molecule has 4 aliphatic carbocycles. The fraction of sp³-hybridized carbons (Fsp3) is 0.821. The first-order valence-electron chi connectivity index (χ1n) is 13.3. The van der Waals surface area contributed by atoms with Crippen molar-refractivity contribution >= 4 is 17.9 Å². The third-order valence-electron chi connectivity index (χ3n) is 9.61. The number of carbonyl (C=O) groups excluding carboxylic acids is 3. The van der Waals surface area contributed by atoms with Crippen molar-refractivity contribution in [1.82, 2.24) is 0 Å². The first-order chi connectivity index (χ1) is 16.6. The zero-order valence-electron chi connectivity index (χ0n) is 21.9. The Morgan fingerprint density at radius 3 is 2.23 bits per heavy atom. The van der Waals surface area contributed by atoms with E-state index in [0.29, 0.717) is 24.2 Å². The Balaban J connectivity index is 1.46. The third-order valence-corrected chi connectivity index (χ3v) is 9.61. The highest BCUT2D eigenvalue weighted by molar-refractivity contribution is 5.79. The highest BCUT2D eigenvalue weighted by atomic mass is 16.7. The molecule has 0 saturated heterocycles. The molecule has 9 atom stereocenters. The number of esters is 3. The second kappa shape index (κ2) is 10.1. The number of methoxy groups -OCH3 is 2. The molecule has 0 amide bonds. The molecule has 0 aromatic rings. The average molecular weight is 491 g/mol. The number of hydrogen-bond donors (Lipinski definition) is 0. The molecular formula is C28H42O7. The normalized spacial score (nSPS) is 34.1. The van der Waals surface area contributed by atoms with Gasteiger partial charge >= 0.3 is 17.9 Å². The molecule has 0 aromatic carbocycles. The molecule has 0 heterocycles. The van der Waals surface area contributed by atoms with E-state index in [1.807, 2.05) is 6.92 Å². The first-order valence-corrected chi connectivity index (χ1v) is 13.3. The van der Waals surface area contributed by atoms with Crippen molar-refractivity contribution in [3.63, 3.8) is 0 Å². The molecule has 4 aliphatic rings. The summed E-state index contributed by atoms with van der Waals surface area (Å²) in [7, 11) is 2.73. The minimum Gasteiger partial charge on any atom is -0.469 e. The monoisotopic (exact) mass is 490 g/mol. The molecule has 196 valence electrons. The Morgan fingerprint density at radius 2 is 1.60 bits per heavy atom. The molecule has 7 nitrogen and oxygen atoms in total. The van der Waals surface area contributed by atoms with Gasteiger partial charge in [0, 0.05) is 0 Å². The van der Waals surface area contributed by atoms with E-state index in [1.165, 1.54) is 39.9 Å². The summed E-state index contributed by atoms with van der Waals surface area (Å²) in [6.07, 6.45) is 7.14. The van der Waals surface area contributed by atoms with E-state index in [0.717, 1.165) is 24.2 Å². The average Bonchev–Trinajstić information content (AvgIpc) is 3.60. The molecule has 0 radical (unpaired) electrons. The predicted molar refractivity (Wildman–Crippen MR) is 128 cm³/mol. The zero-order chi connectivity index (χ0) is 25.5. The minimum absolute atomic E-state index is 0.0443. The van der Waals surface area contributed by atoms with Gasteiger partial charge in [-0.2, -0.15) is 0 Å². The van der Waals surface area contributed by atoms with Crippen molar-refractivity contribution < 1.29 is 33.3 Å². The molecule has 0 aromatic heterocycles. The lowest BCUT2D eigenvalue weighted by Crippen LogP contribution is -2.40. The number of carbonyl (C=O) groups is 3. The van der Waals surface area contributed by atoms with Crippen molar-refractivity contribution in [2.45, 2.75) is 78.2 Å². The van der Waals surface area contributed by atoms with E-state index in [-0.39, 0.29) is 36.8 Å². The van der Waals surface area contributed by atoms with Crippen molar-refractivity contribution in [3.05, 3.63) is 12.5 Å². The maximum atomic E-state index is 13.6. The van der Waals surface area contributed by atoms with Gasteiger partial charge in [0.2, 0.25) is 0 Å². The Hall–Kier alpha value is -2.05. The number of rotatable bonds is 11. The van der Waals surface area contributed by atoms with Gasteiger partial charge in [-0.15, -0.1) is 0 Å². The molecular weight excluding hydrogens is 448 g/mol. The van der Waals surface area contributed by atoms with Crippen molar-refractivity contribution in [2.24, 2.45) is 52.8 Å². The molecule has 0 spiro atoms. The van der Waals surface area contributed by atoms with Crippen LogP contribution >= 0.6 is 0 Å². The molecule has 4 fully saturated rings. The Morgan fingerprint density at radius 1 is 0.914 bits per heavy atom. The standard InChI is InChI=1S/C28H42O7/c1-7-16(25(29)34-15(2)32-5)10-20(14-28(3,4)27(31)33-6)26(30)35-22-13-19-12-21(22)24-18-9-8-17(11-18)23(19)24/h16-24H,2,7-14H2,1,3-6H3. The summed E-state index contributed by atoms with van der Waals surface area (Å²) < 4.78 is 21.3. The minimum atomic E-state index is -0.888. The van der Waals surface area contributed by atoms with Crippen molar-refractivity contribution in [2.75, 3.05) is 14.2 Å². The molecule has 7 heteroatoms. The van der Waals surface area contributed by atoms with Crippen LogP contribution in [-0.2, 0) is 33.3 Å². The summed E-state index contributed by atoms with van der Waals surface area (Å²) in [5, 5.41) is 0. The summed E-state index contributed by atoms with van der Waals surface area (Å²) in [6.45, 7) is 8.96. The number of ether oxygens (including phenoxy) is 4. The summed E-state index contributed by atoms with van der Waals surface area (Å²) in [5.74, 6) is 1.99. The number of hydrogen-bond acceptors (Lipinski definition) is 7. The zero-order valence-corrected chi connectivity index (χ0v) is 21.9. The topological polar surface area (TPSA) is 88.1 Å². The largest absolute Gasteiger partial charge is 0.469 e. The fourth-order valence-electron chi connectivity index (χ4n) is 8.13. The highest BCUT2D eigenvalue weighted by Crippen LogP contribution is 2.67. The predicted octanol–water partition coefficient (Wildman–Crippen LogP) is 4.88. The highest BCUT2D eigenvalue weighted by Gasteiger charge is 2.63. The Bertz CT molecular complexity index is 848. The maximum Gasteiger partial charge on any atom is 0.316 e. The summed E-state index contributed by atoms with van der Waals surface area (Å²) >= 11 is 0. The van der Waals surface area contributed by atoms with E-state index in [2.05, 4.69) is 6.58 Å². The van der Waals surface area contributed by atoms with Gasteiger partial charge in [0.05, 0.1) is 31.5 Å². The quantitative estimate of drug-likeness (QED) is 0.176. The van der Waals surface area contributed by atoms with Crippen molar-refractivity contribution in [3.8, 4) is 0 Å². The molecule has 4 bridgehead atoms. The van der Waals surface area contributed by atoms with Gasteiger partial charge in [0.1, 0.15) is 6.10 Å². The van der Waals surface area contributed by atoms with Gasteiger partial charge < -0.3 is 18.9 Å². The van der Waals surface area contributed by atoms with Crippen LogP contribution < -0.4 is 0 Å². The summed E-state index contributed by atoms with van der Waals surface area (Å²) in [4.78, 5) is 38.7. The van der Waals surface area contributed by atoms with Crippen LogP contribution in [0.25, 0.3) is 0 Å². The van der Waals surface area contributed by atoms with Crippen molar-refractivity contribution in [1.29, 1.82) is 0 Å². The molecule has 9 unspecified atom stereocenters. The summed E-state index contributed by atoms with van der Waals surface area (Å²) in [6, 6.07) is 0. The second-order valence-electron chi connectivity index (χ2n) is 12.0. The van der Waals surface area contributed by atoms with Crippen LogP contribution in [0.3, 0.4) is 0 Å². The number of fused-ring (bicyclic) bond motifs is 9. The molecule has 4 saturated carbocycles. The van der Waals surface area contributed by atoms with Gasteiger partial charge in [-0.1, -0.05) is 6.92 Å². The van der Waals surface area contributed by atoms with E-state index in [4.69, 9.17) is 18.9 Å². The van der Waals surface area contributed by atoms with Gasteiger partial charge in [0.15, 0.2) is 0 Å². The van der Waals surface area contributed by atoms with Gasteiger partial charge in [-0.3, -0.25) is 14.4 Å². The van der Waals surface area contributed by atoms with Gasteiger partial charge in [0.25, 0.3) is 5.95 Å². The van der Waals surface area contributed by atoms with Crippen LogP contribution in [0, 0.1) is 52.8 Å². The van der Waals surface area contributed by atoms with Crippen LogP contribution in [0.1, 0.15) is 72.1 Å². The van der Waals surface area contributed by atoms with Gasteiger partial charge in [-0.05, 0) is 107 Å². The van der Waals surface area contributed by atoms with Crippen LogP contribution in [0.2, 0.25) is 0 Å². The van der Waals surface area contributed by atoms with Crippen LogP contribution in [-0.4, -0.2) is 38.2 Å². The molecule has 35 heavy (non-hydrogen) atoms. The van der Waals surface area contributed by atoms with E-state index >= 15 is 0 Å². The van der Waals surface area contributed by atoms with E-state index < -0.39 is 23.2 Å². The molecule has 4 rings (SSSR count). The van der Waals surface area contributed by atoms with E-state index in [9.17, 15) is 14.4 Å². The van der Waals surface area contributed by atoms with E-state index in [1.54, 1.807) is 13.8 Å². The molecule has 0 aliphatic heterocycles. The second-order valence-corrected chi connectivity index (χ2v) is 12.0. The fourth-order valence-corrected chi connectivity index (χ4v) is 8.13. The summed E-state index contributed by atoms with van der Waals surface area (Å²) in [5.41, 5.74) is -0.888. The third kappa shape index (κ3) is 4.97. The SMILES string of the molecule is C=C(OC)OC(=O)C(CC)CC(CC(C)(C)C(=O)OC)C(=O)OC1CC2CC1C1C3CCC(C3)C21. The lowest BCUT2D eigenvalue weighted by atomic mass is 9.70. The maximum absolute atomic E-state index is 13.6. The lowest BCUT2D eigenvalue weighted by Gasteiger charge is -2.39. The van der Waals surface area contributed by atoms with Gasteiger partial charge in [-0.25, -0.2) is 0 Å². The smallest absolute Gasteiger partial charge is 0.316 e. The van der Waals surface area contributed by atoms with Crippen LogP contribution in [0.5, 0.6) is 0 Å². The lowest BCUT2D eigenvalue weighted by molar-refractivity contribution is -0.164. The Labute approximate surface area is 209 Å². The Kier molecular flexibility index (Phi) is 7.54. The first kappa shape index (κ1) is 26.0. The molecule has 0 N–H and O–H groups in total. The van der Waals surface area contributed by atoms with Crippen LogP contribution in [0.4, 0.5) is 0 Å². The van der Waals surface area contributed by atoms with Crippen LogP contribution in [0.15, 0.2) is 12.5 Å².